The number of amides is 2. The molecule has 3 aromatic rings. The molecule has 2 amide bonds. The number of nitrogens with zero attached hydrogens (tertiary/aromatic N) is 1. The molecule has 0 aliphatic rings. The first-order valence-electron chi connectivity index (χ1n) is 9.40. The molecule has 0 radical (unpaired) electrons. The Balaban J connectivity index is 1.61. The summed E-state index contributed by atoms with van der Waals surface area (Å²) in [5, 5.41) is 6.14. The van der Waals surface area contributed by atoms with Crippen molar-refractivity contribution >= 4 is 39.6 Å². The van der Waals surface area contributed by atoms with Crippen molar-refractivity contribution in [1.82, 2.24) is 5.43 Å². The lowest BCUT2D eigenvalue weighted by Crippen LogP contribution is -2.32. The van der Waals surface area contributed by atoms with Gasteiger partial charge in [-0.3, -0.25) is 9.59 Å². The Morgan fingerprint density at radius 2 is 1.78 bits per heavy atom. The maximum absolute atomic E-state index is 12.9. The lowest BCUT2D eigenvalue weighted by Gasteiger charge is -2.13. The van der Waals surface area contributed by atoms with Crippen LogP contribution in [0, 0.1) is 5.82 Å². The molecule has 0 unspecified atom stereocenters. The maximum Gasteiger partial charge on any atom is 0.329 e. The van der Waals surface area contributed by atoms with Crippen LogP contribution in [-0.4, -0.2) is 25.1 Å². The molecule has 0 spiro atoms. The van der Waals surface area contributed by atoms with Gasteiger partial charge in [-0.05, 0) is 63.5 Å². The van der Waals surface area contributed by atoms with Gasteiger partial charge in [-0.2, -0.15) is 5.10 Å². The largest absolute Gasteiger partial charge is 0.493 e. The first kappa shape index (κ1) is 23.0. The summed E-state index contributed by atoms with van der Waals surface area (Å²) in [6, 6.07) is 18.1. The Morgan fingerprint density at radius 3 is 2.47 bits per heavy atom. The Hall–Kier alpha value is -3.72. The minimum atomic E-state index is -0.973. The second-order valence-corrected chi connectivity index (χ2v) is 7.32. The van der Waals surface area contributed by atoms with Crippen molar-refractivity contribution < 1.29 is 23.5 Å². The van der Waals surface area contributed by atoms with Gasteiger partial charge in [-0.15, -0.1) is 0 Å². The first-order chi connectivity index (χ1) is 15.5. The molecule has 2 N–H and O–H groups in total. The molecule has 0 bridgehead atoms. The lowest BCUT2D eigenvalue weighted by atomic mass is 10.2. The molecule has 9 heteroatoms. The highest BCUT2D eigenvalue weighted by Crippen LogP contribution is 2.36. The summed E-state index contributed by atoms with van der Waals surface area (Å²) in [7, 11) is 1.51. The molecular weight excluding hydrogens is 481 g/mol. The van der Waals surface area contributed by atoms with Crippen LogP contribution in [0.1, 0.15) is 11.1 Å². The van der Waals surface area contributed by atoms with E-state index >= 15 is 0 Å². The van der Waals surface area contributed by atoms with Crippen molar-refractivity contribution in [2.24, 2.45) is 5.10 Å². The number of carbonyl (C=O) groups is 2. The molecule has 0 aromatic heterocycles. The quantitative estimate of drug-likeness (QED) is 0.288. The molecule has 0 aliphatic heterocycles. The van der Waals surface area contributed by atoms with Crippen LogP contribution >= 0.6 is 15.9 Å². The van der Waals surface area contributed by atoms with E-state index in [1.165, 1.54) is 37.6 Å². The molecule has 32 heavy (non-hydrogen) atoms. The molecule has 0 fully saturated rings. The second kappa shape index (κ2) is 11.1. The third-order valence-electron chi connectivity index (χ3n) is 4.17. The molecule has 7 nitrogen and oxygen atoms in total. The van der Waals surface area contributed by atoms with Crippen LogP contribution in [-0.2, 0) is 16.2 Å². The SMILES string of the molecule is COc1cc(/C=N/NC(=O)C(=O)Nc2ccc(F)cc2)cc(Br)c1OCc1ccccc1. The van der Waals surface area contributed by atoms with Crippen molar-refractivity contribution in [1.29, 1.82) is 0 Å². The number of benzene rings is 3. The average molecular weight is 500 g/mol. The van der Waals surface area contributed by atoms with Crippen LogP contribution in [0.25, 0.3) is 0 Å². The van der Waals surface area contributed by atoms with E-state index in [4.69, 9.17) is 9.47 Å². The number of carbonyl (C=O) groups excluding carboxylic acids is 2. The van der Waals surface area contributed by atoms with Gasteiger partial charge in [-0.25, -0.2) is 9.82 Å². The van der Waals surface area contributed by atoms with E-state index in [1.807, 2.05) is 30.3 Å². The van der Waals surface area contributed by atoms with Crippen molar-refractivity contribution in [3.8, 4) is 11.5 Å². The smallest absolute Gasteiger partial charge is 0.329 e. The number of hydrogen-bond acceptors (Lipinski definition) is 5. The fourth-order valence-corrected chi connectivity index (χ4v) is 3.20. The topological polar surface area (TPSA) is 89.0 Å². The molecule has 0 aliphatic carbocycles. The average Bonchev–Trinajstić information content (AvgIpc) is 2.80. The van der Waals surface area contributed by atoms with Crippen LogP contribution in [0.3, 0.4) is 0 Å². The fraction of sp³-hybridized carbons (Fsp3) is 0.0870. The van der Waals surface area contributed by atoms with E-state index in [-0.39, 0.29) is 5.69 Å². The van der Waals surface area contributed by atoms with Gasteiger partial charge in [0.05, 0.1) is 17.8 Å². The third kappa shape index (κ3) is 6.39. The molecule has 0 atom stereocenters. The standard InChI is InChI=1S/C23H19BrFN3O4/c1-31-20-12-16(11-19(24)21(20)32-14-15-5-3-2-4-6-15)13-26-28-23(30)22(29)27-18-9-7-17(25)8-10-18/h2-13H,14H2,1H3,(H,27,29)(H,28,30)/b26-13+. The highest BCUT2D eigenvalue weighted by atomic mass is 79.9. The zero-order chi connectivity index (χ0) is 22.9. The number of rotatable bonds is 7. The summed E-state index contributed by atoms with van der Waals surface area (Å²) in [5.41, 5.74) is 4.03. The van der Waals surface area contributed by atoms with Gasteiger partial charge in [0.1, 0.15) is 12.4 Å². The minimum absolute atomic E-state index is 0.287. The van der Waals surface area contributed by atoms with Crippen LogP contribution in [0.5, 0.6) is 11.5 Å². The summed E-state index contributed by atoms with van der Waals surface area (Å²) in [6.45, 7) is 0.364. The monoisotopic (exact) mass is 499 g/mol. The number of methoxy groups -OCH3 is 1. The molecule has 3 aromatic carbocycles. The van der Waals surface area contributed by atoms with Crippen molar-refractivity contribution in [3.05, 3.63) is 88.1 Å². The van der Waals surface area contributed by atoms with Crippen molar-refractivity contribution in [3.63, 3.8) is 0 Å². The van der Waals surface area contributed by atoms with Crippen LogP contribution in [0.2, 0.25) is 0 Å². The zero-order valence-electron chi connectivity index (χ0n) is 17.0. The van der Waals surface area contributed by atoms with Gasteiger partial charge in [0.2, 0.25) is 0 Å². The van der Waals surface area contributed by atoms with E-state index in [0.29, 0.717) is 28.1 Å². The molecule has 3 rings (SSSR count). The molecule has 164 valence electrons. The number of anilines is 1. The van der Waals surface area contributed by atoms with Gasteiger partial charge in [0.25, 0.3) is 0 Å². The van der Waals surface area contributed by atoms with E-state index in [0.717, 1.165) is 5.56 Å². The molecule has 0 heterocycles. The van der Waals surface area contributed by atoms with Crippen LogP contribution < -0.4 is 20.2 Å². The first-order valence-corrected chi connectivity index (χ1v) is 10.2. The highest BCUT2D eigenvalue weighted by Gasteiger charge is 2.14. The van der Waals surface area contributed by atoms with Crippen molar-refractivity contribution in [2.75, 3.05) is 12.4 Å². The zero-order valence-corrected chi connectivity index (χ0v) is 18.6. The van der Waals surface area contributed by atoms with Gasteiger partial charge < -0.3 is 14.8 Å². The van der Waals surface area contributed by atoms with Gasteiger partial charge in [0.15, 0.2) is 11.5 Å². The Kier molecular flexibility index (Phi) is 7.93. The predicted octanol–water partition coefficient (Wildman–Crippen LogP) is 4.26. The Labute approximate surface area is 192 Å². The molecule has 0 saturated carbocycles. The minimum Gasteiger partial charge on any atom is -0.493 e. The summed E-state index contributed by atoms with van der Waals surface area (Å²) in [5.74, 6) is -1.36. The molecular formula is C23H19BrFN3O4. The van der Waals surface area contributed by atoms with Gasteiger partial charge >= 0.3 is 11.8 Å². The lowest BCUT2D eigenvalue weighted by molar-refractivity contribution is -0.136. The van der Waals surface area contributed by atoms with E-state index in [9.17, 15) is 14.0 Å². The summed E-state index contributed by atoms with van der Waals surface area (Å²) in [4.78, 5) is 23.8. The molecule has 0 saturated heterocycles. The summed E-state index contributed by atoms with van der Waals surface area (Å²) < 4.78 is 24.8. The third-order valence-corrected chi connectivity index (χ3v) is 4.75. The maximum atomic E-state index is 12.9. The number of halogens is 2. The second-order valence-electron chi connectivity index (χ2n) is 6.47. The number of nitrogens with one attached hydrogen (secondary N) is 2. The predicted molar refractivity (Wildman–Crippen MR) is 122 cm³/mol. The number of hydrazone groups is 1. The fourth-order valence-electron chi connectivity index (χ4n) is 2.62. The van der Waals surface area contributed by atoms with E-state index in [1.54, 1.807) is 12.1 Å². The number of ether oxygens (including phenoxy) is 2. The van der Waals surface area contributed by atoms with Crippen molar-refractivity contribution in [2.45, 2.75) is 6.61 Å². The van der Waals surface area contributed by atoms with Gasteiger partial charge in [-0.1, -0.05) is 30.3 Å². The Bertz CT molecular complexity index is 1120. The summed E-state index contributed by atoms with van der Waals surface area (Å²) in [6.07, 6.45) is 1.36. The van der Waals surface area contributed by atoms with Crippen LogP contribution in [0.4, 0.5) is 10.1 Å². The Morgan fingerprint density at radius 1 is 1.06 bits per heavy atom. The van der Waals surface area contributed by atoms with E-state index in [2.05, 4.69) is 31.8 Å². The van der Waals surface area contributed by atoms with E-state index < -0.39 is 17.6 Å². The van der Waals surface area contributed by atoms with Crippen LogP contribution in [0.15, 0.2) is 76.3 Å². The normalized spacial score (nSPS) is 10.6. The summed E-state index contributed by atoms with van der Waals surface area (Å²) >= 11 is 3.45. The highest BCUT2D eigenvalue weighted by molar-refractivity contribution is 9.10. The number of hydrogen-bond donors (Lipinski definition) is 2. The van der Waals surface area contributed by atoms with Gasteiger partial charge in [0, 0.05) is 5.69 Å².